The highest BCUT2D eigenvalue weighted by Gasteiger charge is 2.46. The first-order valence-corrected chi connectivity index (χ1v) is 11.0. The van der Waals surface area contributed by atoms with Gasteiger partial charge < -0.3 is 9.15 Å². The van der Waals surface area contributed by atoms with Gasteiger partial charge in [0, 0.05) is 5.56 Å². The number of hydrogen-bond acceptors (Lipinski definition) is 7. The zero-order valence-corrected chi connectivity index (χ0v) is 18.4. The van der Waals surface area contributed by atoms with Crippen molar-refractivity contribution in [3.05, 3.63) is 92.0 Å². The summed E-state index contributed by atoms with van der Waals surface area (Å²) in [4.78, 5) is 45.1. The second-order valence-electron chi connectivity index (χ2n) is 7.40. The molecule has 5 rings (SSSR count). The van der Waals surface area contributed by atoms with Crippen molar-refractivity contribution in [3.8, 4) is 0 Å². The number of fused-ring (bicyclic) bond motifs is 2. The van der Waals surface area contributed by atoms with E-state index in [4.69, 9.17) is 9.15 Å². The molecule has 166 valence electrons. The predicted molar refractivity (Wildman–Crippen MR) is 120 cm³/mol. The summed E-state index contributed by atoms with van der Waals surface area (Å²) in [6, 6.07) is 11.4. The van der Waals surface area contributed by atoms with Crippen LogP contribution in [0.15, 0.2) is 57.7 Å². The highest BCUT2D eigenvalue weighted by Crippen LogP contribution is 2.43. The average Bonchev–Trinajstić information content (AvgIpc) is 3.32. The van der Waals surface area contributed by atoms with Crippen molar-refractivity contribution in [1.29, 1.82) is 0 Å². The molecular formula is C24H17FN2O5S. The lowest BCUT2D eigenvalue weighted by Gasteiger charge is -2.22. The summed E-state index contributed by atoms with van der Waals surface area (Å²) in [5.41, 5.74) is 0.363. The molecule has 1 aliphatic heterocycles. The van der Waals surface area contributed by atoms with E-state index in [2.05, 4.69) is 4.98 Å². The Morgan fingerprint density at radius 3 is 2.67 bits per heavy atom. The Kier molecular flexibility index (Phi) is 5.05. The molecular weight excluding hydrogens is 447 g/mol. The zero-order chi connectivity index (χ0) is 23.3. The molecule has 7 nitrogen and oxygen atoms in total. The second-order valence-corrected chi connectivity index (χ2v) is 8.38. The first kappa shape index (κ1) is 21.0. The van der Waals surface area contributed by atoms with Crippen LogP contribution >= 0.6 is 11.3 Å². The maximum atomic E-state index is 14.9. The van der Waals surface area contributed by atoms with Gasteiger partial charge in [-0.05, 0) is 32.0 Å². The van der Waals surface area contributed by atoms with Crippen molar-refractivity contribution in [3.63, 3.8) is 0 Å². The quantitative estimate of drug-likeness (QED) is 0.409. The van der Waals surface area contributed by atoms with Gasteiger partial charge in [-0.1, -0.05) is 41.7 Å². The van der Waals surface area contributed by atoms with Crippen molar-refractivity contribution in [2.24, 2.45) is 0 Å². The van der Waals surface area contributed by atoms with Crippen molar-refractivity contribution >= 4 is 39.3 Å². The molecule has 1 atom stereocenters. The van der Waals surface area contributed by atoms with Gasteiger partial charge in [0.25, 0.3) is 5.91 Å². The molecule has 4 aromatic rings. The Morgan fingerprint density at radius 2 is 1.91 bits per heavy atom. The van der Waals surface area contributed by atoms with Crippen LogP contribution in [0.3, 0.4) is 0 Å². The standard InChI is InChI=1S/C24H17FN2O5S/c1-3-31-23(30)21-12(2)26-24(33-21)27-18(13-8-4-6-10-15(13)25)17-19(28)14-9-5-7-11-16(14)32-20(17)22(27)29/h4-11,18H,3H2,1-2H3/t18-/m1/s1. The number of ether oxygens (including phenoxy) is 1. The predicted octanol–water partition coefficient (Wildman–Crippen LogP) is 4.62. The molecule has 0 saturated carbocycles. The minimum atomic E-state index is -1.10. The van der Waals surface area contributed by atoms with Gasteiger partial charge in [0.2, 0.25) is 5.76 Å². The maximum Gasteiger partial charge on any atom is 0.350 e. The number of aromatic nitrogens is 1. The van der Waals surface area contributed by atoms with Crippen LogP contribution in [-0.2, 0) is 4.74 Å². The molecule has 2 aromatic carbocycles. The average molecular weight is 464 g/mol. The van der Waals surface area contributed by atoms with Gasteiger partial charge in [0.05, 0.1) is 23.3 Å². The minimum Gasteiger partial charge on any atom is -0.462 e. The molecule has 2 aromatic heterocycles. The van der Waals surface area contributed by atoms with Crippen LogP contribution in [0.1, 0.15) is 50.0 Å². The molecule has 0 N–H and O–H groups in total. The molecule has 0 radical (unpaired) electrons. The van der Waals surface area contributed by atoms with E-state index in [0.29, 0.717) is 5.69 Å². The minimum absolute atomic E-state index is 0.0364. The third-order valence-electron chi connectivity index (χ3n) is 5.43. The smallest absolute Gasteiger partial charge is 0.350 e. The van der Waals surface area contributed by atoms with Gasteiger partial charge in [-0.3, -0.25) is 14.5 Å². The van der Waals surface area contributed by atoms with Crippen molar-refractivity contribution < 1.29 is 23.1 Å². The van der Waals surface area contributed by atoms with Crippen LogP contribution in [0.25, 0.3) is 11.0 Å². The summed E-state index contributed by atoms with van der Waals surface area (Å²) in [5.74, 6) is -1.95. The Bertz CT molecular complexity index is 1490. The fourth-order valence-electron chi connectivity index (χ4n) is 3.98. The number of benzene rings is 2. The normalized spacial score (nSPS) is 15.2. The van der Waals surface area contributed by atoms with Crippen molar-refractivity contribution in [1.82, 2.24) is 4.98 Å². The number of thiazole rings is 1. The van der Waals surface area contributed by atoms with E-state index in [-0.39, 0.29) is 44.5 Å². The number of aryl methyl sites for hydroxylation is 1. The Labute approximate surface area is 191 Å². The zero-order valence-electron chi connectivity index (χ0n) is 17.6. The molecule has 0 bridgehead atoms. The Morgan fingerprint density at radius 1 is 1.18 bits per heavy atom. The largest absolute Gasteiger partial charge is 0.462 e. The first-order valence-electron chi connectivity index (χ1n) is 10.2. The number of esters is 1. The number of nitrogens with zero attached hydrogens (tertiary/aromatic N) is 2. The van der Waals surface area contributed by atoms with E-state index in [9.17, 15) is 18.8 Å². The lowest BCUT2D eigenvalue weighted by Crippen LogP contribution is -2.30. The van der Waals surface area contributed by atoms with Gasteiger partial charge in [-0.25, -0.2) is 14.2 Å². The molecule has 33 heavy (non-hydrogen) atoms. The highest BCUT2D eigenvalue weighted by molar-refractivity contribution is 7.17. The Hall–Kier alpha value is -3.85. The van der Waals surface area contributed by atoms with E-state index in [1.807, 2.05) is 0 Å². The highest BCUT2D eigenvalue weighted by atomic mass is 32.1. The molecule has 0 aliphatic carbocycles. The SMILES string of the molecule is CCOC(=O)c1sc(N2C(=O)c3oc4ccccc4c(=O)c3[C@H]2c2ccccc2F)nc1C. The van der Waals surface area contributed by atoms with E-state index < -0.39 is 29.2 Å². The van der Waals surface area contributed by atoms with Crippen LogP contribution < -0.4 is 10.3 Å². The first-order chi connectivity index (χ1) is 15.9. The van der Waals surface area contributed by atoms with Crippen LogP contribution in [0.2, 0.25) is 0 Å². The molecule has 0 fully saturated rings. The molecule has 1 aliphatic rings. The van der Waals surface area contributed by atoms with Gasteiger partial charge in [0.1, 0.15) is 22.3 Å². The fraction of sp³-hybridized carbons (Fsp3) is 0.167. The Balaban J connectivity index is 1.77. The molecule has 0 unspecified atom stereocenters. The van der Waals surface area contributed by atoms with Crippen LogP contribution in [0.5, 0.6) is 0 Å². The number of para-hydroxylation sites is 1. The number of rotatable bonds is 4. The molecule has 0 spiro atoms. The monoisotopic (exact) mass is 464 g/mol. The molecule has 1 amide bonds. The number of carbonyl (C=O) groups excluding carboxylic acids is 2. The third kappa shape index (κ3) is 3.23. The molecule has 0 saturated heterocycles. The summed E-state index contributed by atoms with van der Waals surface area (Å²) in [5, 5.41) is 0.429. The molecule has 9 heteroatoms. The van der Waals surface area contributed by atoms with Gasteiger partial charge in [-0.15, -0.1) is 0 Å². The van der Waals surface area contributed by atoms with E-state index >= 15 is 0 Å². The number of amides is 1. The summed E-state index contributed by atoms with van der Waals surface area (Å²) in [6.45, 7) is 3.49. The van der Waals surface area contributed by atoms with Gasteiger partial charge in [0.15, 0.2) is 10.6 Å². The van der Waals surface area contributed by atoms with E-state index in [1.165, 1.54) is 23.1 Å². The fourth-order valence-corrected chi connectivity index (χ4v) is 4.97. The van der Waals surface area contributed by atoms with Gasteiger partial charge in [-0.2, -0.15) is 0 Å². The summed E-state index contributed by atoms with van der Waals surface area (Å²) in [7, 11) is 0. The third-order valence-corrected chi connectivity index (χ3v) is 6.57. The number of carbonyl (C=O) groups is 2. The maximum absolute atomic E-state index is 14.9. The van der Waals surface area contributed by atoms with Crippen LogP contribution in [0.4, 0.5) is 9.52 Å². The summed E-state index contributed by atoms with van der Waals surface area (Å²) < 4.78 is 25.9. The number of anilines is 1. The number of hydrogen-bond donors (Lipinski definition) is 0. The summed E-state index contributed by atoms with van der Waals surface area (Å²) >= 11 is 0.947. The summed E-state index contributed by atoms with van der Waals surface area (Å²) in [6.07, 6.45) is 0. The van der Waals surface area contributed by atoms with E-state index in [0.717, 1.165) is 11.3 Å². The lowest BCUT2D eigenvalue weighted by atomic mass is 9.98. The van der Waals surface area contributed by atoms with Crippen LogP contribution in [0, 0.1) is 12.7 Å². The van der Waals surface area contributed by atoms with E-state index in [1.54, 1.807) is 44.2 Å². The lowest BCUT2D eigenvalue weighted by molar-refractivity contribution is 0.0531. The van der Waals surface area contributed by atoms with Crippen molar-refractivity contribution in [2.45, 2.75) is 19.9 Å². The molecule has 3 heterocycles. The van der Waals surface area contributed by atoms with Gasteiger partial charge >= 0.3 is 5.97 Å². The van der Waals surface area contributed by atoms with Crippen LogP contribution in [-0.4, -0.2) is 23.5 Å². The number of halogens is 1. The van der Waals surface area contributed by atoms with Crippen molar-refractivity contribution in [2.75, 3.05) is 11.5 Å². The second kappa shape index (κ2) is 7.93. The topological polar surface area (TPSA) is 89.7 Å².